The van der Waals surface area contributed by atoms with Gasteiger partial charge in [-0.05, 0) is 38.0 Å². The number of hydrogen-bond acceptors (Lipinski definition) is 6. The fraction of sp³-hybridized carbons (Fsp3) is 0.458. The number of carbonyl (C=O) groups is 1. The van der Waals surface area contributed by atoms with E-state index in [9.17, 15) is 4.79 Å². The number of pyridine rings is 1. The third-order valence-electron chi connectivity index (χ3n) is 6.50. The van der Waals surface area contributed by atoms with Gasteiger partial charge in [0.1, 0.15) is 11.7 Å². The van der Waals surface area contributed by atoms with Crippen LogP contribution in [0.1, 0.15) is 19.8 Å². The van der Waals surface area contributed by atoms with E-state index in [0.717, 1.165) is 12.8 Å². The number of hydrogen-bond donors (Lipinski definition) is 1. The Morgan fingerprint density at radius 2 is 2.03 bits per heavy atom. The van der Waals surface area contributed by atoms with E-state index in [1.807, 2.05) is 6.92 Å². The van der Waals surface area contributed by atoms with Gasteiger partial charge in [0.05, 0.1) is 36.2 Å². The number of aromatic nitrogens is 1. The molecule has 3 heterocycles. The average molecular weight is 487 g/mol. The highest BCUT2D eigenvalue weighted by atomic mass is 35.5. The fourth-order valence-electron chi connectivity index (χ4n) is 4.35. The summed E-state index contributed by atoms with van der Waals surface area (Å²) in [7, 11) is 0. The van der Waals surface area contributed by atoms with Crippen molar-refractivity contribution in [2.24, 2.45) is 11.8 Å². The van der Waals surface area contributed by atoms with Crippen molar-refractivity contribution in [1.29, 1.82) is 0 Å². The molecule has 3 fully saturated rings. The Balaban J connectivity index is 1.30. The van der Waals surface area contributed by atoms with E-state index >= 15 is 4.39 Å². The molecule has 34 heavy (non-hydrogen) atoms. The lowest BCUT2D eigenvalue weighted by atomic mass is 9.84. The van der Waals surface area contributed by atoms with Gasteiger partial charge in [-0.3, -0.25) is 0 Å². The molecular formula is C24H24ClFN4O4. The lowest BCUT2D eigenvalue weighted by Crippen LogP contribution is -2.59. The smallest absolute Gasteiger partial charge is 0.410 e. The van der Waals surface area contributed by atoms with Gasteiger partial charge in [-0.1, -0.05) is 17.7 Å². The molecule has 1 aromatic heterocycles. The summed E-state index contributed by atoms with van der Waals surface area (Å²) in [6.45, 7) is 10.7. The van der Waals surface area contributed by atoms with Gasteiger partial charge >= 0.3 is 6.09 Å². The van der Waals surface area contributed by atoms with E-state index in [1.165, 1.54) is 18.3 Å². The summed E-state index contributed by atoms with van der Waals surface area (Å²) in [6.07, 6.45) is 2.58. The number of anilines is 2. The van der Waals surface area contributed by atoms with Crippen LogP contribution in [0.3, 0.4) is 0 Å². The second-order valence-electron chi connectivity index (χ2n) is 9.24. The predicted molar refractivity (Wildman–Crippen MR) is 123 cm³/mol. The number of fused-ring (bicyclic) bond motifs is 2. The van der Waals surface area contributed by atoms with Crippen LogP contribution in [0.4, 0.5) is 26.2 Å². The van der Waals surface area contributed by atoms with Crippen LogP contribution in [0.5, 0.6) is 5.88 Å². The normalized spacial score (nSPS) is 24.6. The van der Waals surface area contributed by atoms with Gasteiger partial charge in [-0.2, -0.15) is 4.39 Å². The van der Waals surface area contributed by atoms with Crippen LogP contribution in [0.15, 0.2) is 30.5 Å². The highest BCUT2D eigenvalue weighted by Gasteiger charge is 2.47. The zero-order valence-electron chi connectivity index (χ0n) is 18.6. The van der Waals surface area contributed by atoms with Crippen LogP contribution in [-0.2, 0) is 9.47 Å². The van der Waals surface area contributed by atoms with E-state index in [2.05, 4.69) is 15.1 Å². The quantitative estimate of drug-likeness (QED) is 0.586. The summed E-state index contributed by atoms with van der Waals surface area (Å²) in [5, 5.41) is 3.25. The first-order valence-electron chi connectivity index (χ1n) is 11.2. The SMILES string of the molecule is [C-]#[N+]c1ccc(Nc2ccnc(OC3C4COCC3CN(C(=O)OC3(C)CC3)C4)c2F)c(Cl)c1. The number of nitrogens with one attached hydrogen (secondary N) is 1. The molecule has 10 heteroatoms. The number of carbonyl (C=O) groups excluding carboxylic acids is 1. The maximum absolute atomic E-state index is 15.3. The van der Waals surface area contributed by atoms with E-state index < -0.39 is 5.82 Å². The molecule has 8 nitrogen and oxygen atoms in total. The number of nitrogens with zero attached hydrogens (tertiary/aromatic N) is 3. The molecule has 178 valence electrons. The van der Waals surface area contributed by atoms with Gasteiger partial charge in [0.25, 0.3) is 5.88 Å². The lowest BCUT2D eigenvalue weighted by Gasteiger charge is -2.46. The summed E-state index contributed by atoms with van der Waals surface area (Å²) in [5.41, 5.74) is 0.675. The summed E-state index contributed by atoms with van der Waals surface area (Å²) < 4.78 is 32.7. The third-order valence-corrected chi connectivity index (χ3v) is 6.82. The van der Waals surface area contributed by atoms with Crippen molar-refractivity contribution in [1.82, 2.24) is 9.88 Å². The number of halogens is 2. The Labute approximate surface area is 201 Å². The predicted octanol–water partition coefficient (Wildman–Crippen LogP) is 5.18. The van der Waals surface area contributed by atoms with Crippen LogP contribution in [0, 0.1) is 24.2 Å². The highest BCUT2D eigenvalue weighted by Crippen LogP contribution is 2.40. The minimum atomic E-state index is -0.643. The van der Waals surface area contributed by atoms with Crippen LogP contribution >= 0.6 is 11.6 Å². The molecule has 0 spiro atoms. The molecule has 2 aromatic rings. The number of amides is 1. The number of benzene rings is 1. The maximum atomic E-state index is 15.3. The van der Waals surface area contributed by atoms with Crippen LogP contribution < -0.4 is 10.1 Å². The monoisotopic (exact) mass is 486 g/mol. The van der Waals surface area contributed by atoms with Crippen molar-refractivity contribution < 1.29 is 23.4 Å². The second kappa shape index (κ2) is 8.93. The minimum Gasteiger partial charge on any atom is -0.471 e. The van der Waals surface area contributed by atoms with E-state index in [-0.39, 0.29) is 41.2 Å². The van der Waals surface area contributed by atoms with Crippen LogP contribution in [0.25, 0.3) is 4.85 Å². The molecule has 1 aliphatic carbocycles. The standard InChI is InChI=1S/C24H24ClFN4O4/c1-24(6-7-24)34-23(31)30-10-14-12-32-13-15(11-30)21(14)33-22-20(26)19(5-8-28-22)29-18-4-3-16(27-2)9-17(18)25/h3-5,8-9,14-15,21H,6-7,10-13H2,1H3,(H,28,29). The third kappa shape index (κ3) is 4.61. The summed E-state index contributed by atoms with van der Waals surface area (Å²) in [5.74, 6) is -1.02. The Bertz CT molecular complexity index is 1140. The molecule has 1 amide bonds. The van der Waals surface area contributed by atoms with Crippen molar-refractivity contribution in [3.63, 3.8) is 0 Å². The zero-order valence-corrected chi connectivity index (χ0v) is 19.3. The zero-order chi connectivity index (χ0) is 23.9. The molecule has 1 saturated carbocycles. The first-order valence-corrected chi connectivity index (χ1v) is 11.5. The van der Waals surface area contributed by atoms with Gasteiger partial charge < -0.3 is 24.4 Å². The largest absolute Gasteiger partial charge is 0.471 e. The number of rotatable bonds is 5. The van der Waals surface area contributed by atoms with Gasteiger partial charge in [0.2, 0.25) is 5.82 Å². The maximum Gasteiger partial charge on any atom is 0.410 e. The molecular weight excluding hydrogens is 463 g/mol. The lowest BCUT2D eigenvalue weighted by molar-refractivity contribution is -0.112. The van der Waals surface area contributed by atoms with Crippen LogP contribution in [-0.4, -0.2) is 54.0 Å². The van der Waals surface area contributed by atoms with E-state index in [0.29, 0.717) is 42.7 Å². The van der Waals surface area contributed by atoms with Crippen molar-refractivity contribution in [3.8, 4) is 5.88 Å². The first-order chi connectivity index (χ1) is 16.3. The molecule has 2 atom stereocenters. The number of ether oxygens (including phenoxy) is 3. The highest BCUT2D eigenvalue weighted by molar-refractivity contribution is 6.33. The Hall–Kier alpha value is -3.09. The Morgan fingerprint density at radius 1 is 1.29 bits per heavy atom. The number of piperidine rings is 1. The minimum absolute atomic E-state index is 0.123. The van der Waals surface area contributed by atoms with Gasteiger partial charge in [0, 0.05) is 31.1 Å². The van der Waals surface area contributed by atoms with E-state index in [4.69, 9.17) is 32.4 Å². The van der Waals surface area contributed by atoms with Crippen molar-refractivity contribution in [2.45, 2.75) is 31.5 Å². The fourth-order valence-corrected chi connectivity index (χ4v) is 4.57. The molecule has 2 bridgehead atoms. The molecule has 2 aliphatic heterocycles. The number of likely N-dealkylation sites (tertiary alicyclic amines) is 1. The van der Waals surface area contributed by atoms with Crippen LogP contribution in [0.2, 0.25) is 5.02 Å². The van der Waals surface area contributed by atoms with Crippen molar-refractivity contribution in [3.05, 3.63) is 52.7 Å². The van der Waals surface area contributed by atoms with Gasteiger partial charge in [-0.25, -0.2) is 14.6 Å². The average Bonchev–Trinajstić information content (AvgIpc) is 3.53. The molecule has 2 unspecified atom stereocenters. The molecule has 1 aromatic carbocycles. The topological polar surface area (TPSA) is 77.3 Å². The summed E-state index contributed by atoms with van der Waals surface area (Å²) in [6, 6.07) is 6.22. The van der Waals surface area contributed by atoms with Crippen molar-refractivity contribution >= 4 is 34.8 Å². The Kier molecular flexibility index (Phi) is 5.96. The molecule has 0 radical (unpaired) electrons. The molecule has 5 rings (SSSR count). The molecule has 2 saturated heterocycles. The second-order valence-corrected chi connectivity index (χ2v) is 9.65. The van der Waals surface area contributed by atoms with Gasteiger partial charge in [-0.15, -0.1) is 0 Å². The summed E-state index contributed by atoms with van der Waals surface area (Å²) in [4.78, 5) is 21.7. The van der Waals surface area contributed by atoms with E-state index in [1.54, 1.807) is 17.0 Å². The summed E-state index contributed by atoms with van der Waals surface area (Å²) >= 11 is 6.22. The molecule has 3 aliphatic rings. The van der Waals surface area contributed by atoms with Gasteiger partial charge in [0.15, 0.2) is 5.69 Å². The molecule has 1 N–H and O–H groups in total. The Morgan fingerprint density at radius 3 is 2.68 bits per heavy atom. The van der Waals surface area contributed by atoms with Crippen molar-refractivity contribution in [2.75, 3.05) is 31.6 Å². The first kappa shape index (κ1) is 22.7.